The van der Waals surface area contributed by atoms with Crippen LogP contribution in [0, 0.1) is 5.41 Å². The van der Waals surface area contributed by atoms with Gasteiger partial charge in [-0.25, -0.2) is 0 Å². The Morgan fingerprint density at radius 2 is 2.00 bits per heavy atom. The van der Waals surface area contributed by atoms with Gasteiger partial charge in [-0.2, -0.15) is 0 Å². The van der Waals surface area contributed by atoms with E-state index in [1.165, 1.54) is 5.56 Å². The van der Waals surface area contributed by atoms with Crippen LogP contribution in [0.5, 0.6) is 0 Å². The van der Waals surface area contributed by atoms with Gasteiger partial charge in [0.1, 0.15) is 5.84 Å². The van der Waals surface area contributed by atoms with Gasteiger partial charge in [-0.3, -0.25) is 0 Å². The summed E-state index contributed by atoms with van der Waals surface area (Å²) in [5.41, 5.74) is 6.50. The summed E-state index contributed by atoms with van der Waals surface area (Å²) in [6, 6.07) is 7.73. The molecule has 1 rings (SSSR count). The van der Waals surface area contributed by atoms with Crippen molar-refractivity contribution in [2.45, 2.75) is 26.8 Å². The maximum atomic E-state index is 8.66. The smallest absolute Gasteiger partial charge is 0.144 e. The number of oxime groups is 1. The molecule has 5 heteroatoms. The molecule has 0 bridgehead atoms. The lowest BCUT2D eigenvalue weighted by molar-refractivity contribution is 0.305. The summed E-state index contributed by atoms with van der Waals surface area (Å²) in [6.45, 7) is 5.48. The van der Waals surface area contributed by atoms with E-state index >= 15 is 0 Å². The van der Waals surface area contributed by atoms with E-state index < -0.39 is 0 Å². The Kier molecular flexibility index (Phi) is 5.44. The average Bonchev–Trinajstić information content (AvgIpc) is 2.35. The number of nitrogens with one attached hydrogen (secondary N) is 1. The van der Waals surface area contributed by atoms with E-state index in [0.29, 0.717) is 0 Å². The van der Waals surface area contributed by atoms with Crippen molar-refractivity contribution in [3.05, 3.63) is 34.9 Å². The summed E-state index contributed by atoms with van der Waals surface area (Å²) in [5.74, 6) is 0.260. The van der Waals surface area contributed by atoms with Gasteiger partial charge >= 0.3 is 0 Å². The van der Waals surface area contributed by atoms with Crippen LogP contribution in [0.3, 0.4) is 0 Å². The molecule has 1 aromatic carbocycles. The minimum absolute atomic E-state index is 0.260. The molecule has 0 aromatic heterocycles. The fourth-order valence-electron chi connectivity index (χ4n) is 1.50. The van der Waals surface area contributed by atoms with Gasteiger partial charge in [0.15, 0.2) is 0 Å². The van der Waals surface area contributed by atoms with Gasteiger partial charge in [0.25, 0.3) is 0 Å². The van der Waals surface area contributed by atoms with Crippen molar-refractivity contribution >= 4 is 17.4 Å². The van der Waals surface area contributed by atoms with E-state index in [1.807, 2.05) is 38.1 Å². The molecular weight excluding hydrogens is 250 g/mol. The molecule has 4 nitrogen and oxygen atoms in total. The number of benzene rings is 1. The molecule has 0 saturated heterocycles. The first-order chi connectivity index (χ1) is 8.45. The maximum absolute atomic E-state index is 8.66. The van der Waals surface area contributed by atoms with E-state index in [4.69, 9.17) is 22.5 Å². The second kappa shape index (κ2) is 6.61. The molecule has 0 aliphatic carbocycles. The minimum atomic E-state index is -0.304. The van der Waals surface area contributed by atoms with Gasteiger partial charge in [0, 0.05) is 17.0 Å². The van der Waals surface area contributed by atoms with Crippen molar-refractivity contribution in [2.75, 3.05) is 6.54 Å². The summed E-state index contributed by atoms with van der Waals surface area (Å²) in [5, 5.41) is 15.8. The SMILES string of the molecule is CC(C)(CCNCc1ccc(Cl)cc1)C(N)=NO. The number of rotatable bonds is 6. The Bertz CT molecular complexity index is 401. The monoisotopic (exact) mass is 269 g/mol. The Hall–Kier alpha value is -1.26. The standard InChI is InChI=1S/C13H20ClN3O/c1-13(2,12(15)17-18)7-8-16-9-10-3-5-11(14)6-4-10/h3-6,16,18H,7-9H2,1-2H3,(H2,15,17). The number of nitrogens with zero attached hydrogens (tertiary/aromatic N) is 1. The number of nitrogens with two attached hydrogens (primary N) is 1. The highest BCUT2D eigenvalue weighted by Gasteiger charge is 2.22. The molecule has 0 aliphatic rings. The van der Waals surface area contributed by atoms with Crippen molar-refractivity contribution < 1.29 is 5.21 Å². The number of hydrogen-bond acceptors (Lipinski definition) is 3. The highest BCUT2D eigenvalue weighted by atomic mass is 35.5. The van der Waals surface area contributed by atoms with Gasteiger partial charge in [0.2, 0.25) is 0 Å². The summed E-state index contributed by atoms with van der Waals surface area (Å²) >= 11 is 5.81. The second-order valence-corrected chi connectivity index (χ2v) is 5.36. The summed E-state index contributed by atoms with van der Waals surface area (Å²) in [6.07, 6.45) is 0.802. The number of amidine groups is 1. The van der Waals surface area contributed by atoms with E-state index in [9.17, 15) is 0 Å². The lowest BCUT2D eigenvalue weighted by atomic mass is 9.88. The molecule has 1 aromatic rings. The third-order valence-corrected chi connectivity index (χ3v) is 3.22. The molecule has 0 unspecified atom stereocenters. The summed E-state index contributed by atoms with van der Waals surface area (Å²) in [4.78, 5) is 0. The van der Waals surface area contributed by atoms with Crippen LogP contribution in [0.4, 0.5) is 0 Å². The van der Waals surface area contributed by atoms with Gasteiger partial charge < -0.3 is 16.3 Å². The van der Waals surface area contributed by atoms with Crippen LogP contribution >= 0.6 is 11.6 Å². The third-order valence-electron chi connectivity index (χ3n) is 2.97. The van der Waals surface area contributed by atoms with Crippen molar-refractivity contribution in [2.24, 2.45) is 16.3 Å². The molecule has 18 heavy (non-hydrogen) atoms. The van der Waals surface area contributed by atoms with Crippen LogP contribution in [-0.2, 0) is 6.54 Å². The lowest BCUT2D eigenvalue weighted by Gasteiger charge is -2.22. The van der Waals surface area contributed by atoms with E-state index in [0.717, 1.165) is 24.5 Å². The van der Waals surface area contributed by atoms with Gasteiger partial charge in [-0.05, 0) is 30.7 Å². The minimum Gasteiger partial charge on any atom is -0.409 e. The first kappa shape index (κ1) is 14.8. The van der Waals surface area contributed by atoms with Gasteiger partial charge in [-0.15, -0.1) is 0 Å². The highest BCUT2D eigenvalue weighted by molar-refractivity contribution is 6.30. The largest absolute Gasteiger partial charge is 0.409 e. The molecule has 100 valence electrons. The van der Waals surface area contributed by atoms with Crippen molar-refractivity contribution in [3.63, 3.8) is 0 Å². The highest BCUT2D eigenvalue weighted by Crippen LogP contribution is 2.19. The fraction of sp³-hybridized carbons (Fsp3) is 0.462. The third kappa shape index (κ3) is 4.55. The Morgan fingerprint density at radius 3 is 2.56 bits per heavy atom. The Balaban J connectivity index is 2.33. The molecule has 0 amide bonds. The number of halogens is 1. The van der Waals surface area contributed by atoms with E-state index in [-0.39, 0.29) is 11.3 Å². The molecule has 0 fully saturated rings. The quantitative estimate of drug-likeness (QED) is 0.244. The van der Waals surface area contributed by atoms with E-state index in [1.54, 1.807) is 0 Å². The summed E-state index contributed by atoms with van der Waals surface area (Å²) < 4.78 is 0. The van der Waals surface area contributed by atoms with Crippen LogP contribution in [0.25, 0.3) is 0 Å². The van der Waals surface area contributed by atoms with Gasteiger partial charge in [0.05, 0.1) is 0 Å². The Morgan fingerprint density at radius 1 is 1.39 bits per heavy atom. The first-order valence-corrected chi connectivity index (χ1v) is 6.26. The molecule has 4 N–H and O–H groups in total. The predicted molar refractivity (Wildman–Crippen MR) is 75.0 cm³/mol. The van der Waals surface area contributed by atoms with Crippen LogP contribution in [-0.4, -0.2) is 17.6 Å². The second-order valence-electron chi connectivity index (χ2n) is 4.92. The van der Waals surface area contributed by atoms with Crippen molar-refractivity contribution in [3.8, 4) is 0 Å². The molecular formula is C13H20ClN3O. The zero-order valence-corrected chi connectivity index (χ0v) is 11.5. The molecule has 0 atom stereocenters. The molecule has 0 aliphatic heterocycles. The Labute approximate surface area is 113 Å². The maximum Gasteiger partial charge on any atom is 0.144 e. The number of hydrogen-bond donors (Lipinski definition) is 3. The zero-order chi connectivity index (χ0) is 13.6. The molecule has 0 radical (unpaired) electrons. The molecule has 0 spiro atoms. The van der Waals surface area contributed by atoms with Crippen LogP contribution in [0.2, 0.25) is 5.02 Å². The van der Waals surface area contributed by atoms with E-state index in [2.05, 4.69) is 10.5 Å². The molecule has 0 saturated carbocycles. The van der Waals surface area contributed by atoms with Crippen LogP contribution in [0.1, 0.15) is 25.8 Å². The van der Waals surface area contributed by atoms with Crippen LogP contribution < -0.4 is 11.1 Å². The molecule has 0 heterocycles. The average molecular weight is 270 g/mol. The lowest BCUT2D eigenvalue weighted by Crippen LogP contribution is -2.34. The predicted octanol–water partition coefficient (Wildman–Crippen LogP) is 2.59. The normalized spacial score (nSPS) is 12.7. The topological polar surface area (TPSA) is 70.6 Å². The zero-order valence-electron chi connectivity index (χ0n) is 10.8. The van der Waals surface area contributed by atoms with Crippen molar-refractivity contribution in [1.82, 2.24) is 5.32 Å². The van der Waals surface area contributed by atoms with Crippen molar-refractivity contribution in [1.29, 1.82) is 0 Å². The fourth-order valence-corrected chi connectivity index (χ4v) is 1.63. The van der Waals surface area contributed by atoms with Gasteiger partial charge in [-0.1, -0.05) is 42.7 Å². The van der Waals surface area contributed by atoms with Crippen LogP contribution in [0.15, 0.2) is 29.4 Å². The summed E-state index contributed by atoms with van der Waals surface area (Å²) in [7, 11) is 0. The first-order valence-electron chi connectivity index (χ1n) is 5.89.